The summed E-state index contributed by atoms with van der Waals surface area (Å²) in [5.74, 6) is -1.65. The van der Waals surface area contributed by atoms with Gasteiger partial charge in [-0.2, -0.15) is 0 Å². The molecule has 8 rings (SSSR count). The normalized spacial score (nSPS) is 36.5. The molecule has 16 nitrogen and oxygen atoms in total. The summed E-state index contributed by atoms with van der Waals surface area (Å²) in [5.41, 5.74) is 2.06. The van der Waals surface area contributed by atoms with Gasteiger partial charge in [0.05, 0.1) is 67.6 Å². The van der Waals surface area contributed by atoms with Gasteiger partial charge in [0.25, 0.3) is 0 Å². The van der Waals surface area contributed by atoms with Crippen molar-refractivity contribution in [1.29, 1.82) is 0 Å². The summed E-state index contributed by atoms with van der Waals surface area (Å²) >= 11 is 0. The summed E-state index contributed by atoms with van der Waals surface area (Å²) in [7, 11) is -9.10. The zero-order valence-electron chi connectivity index (χ0n) is 49.8. The lowest BCUT2D eigenvalue weighted by atomic mass is 9.82. The second-order valence-electron chi connectivity index (χ2n) is 24.6. The SMILES string of the molecule is C=C1C[C@H](CC[C@@]23C[C@H]4O[C@H]5[C@@H](O2)[C@@H](O[Si](CC)(CC)CC)[C@H](CCCO)O[C@H]5[C@H]4O3)O[C@H]1CC[C@H]1C[C@@H](C)C(=C)[C@@H](C[C@@H]2O[C@H](CC(CO[Si](CC)(CC)CC)O[Si](CC)(CC)CC)[C@H](OC)[C@H]2CC(=O)CP(=O)(O)O)O1. The molecular weight excluding hydrogens is 1070 g/mol. The van der Waals surface area contributed by atoms with Crippen molar-refractivity contribution < 1.29 is 75.4 Å². The van der Waals surface area contributed by atoms with Gasteiger partial charge in [0, 0.05) is 51.7 Å². The average Bonchev–Trinajstić information content (AvgIpc) is 4.11. The number of ether oxygens (including phenoxy) is 8. The van der Waals surface area contributed by atoms with Gasteiger partial charge < -0.3 is 66.1 Å². The fourth-order valence-corrected chi connectivity index (χ4v) is 23.7. The van der Waals surface area contributed by atoms with Crippen molar-refractivity contribution >= 4 is 38.3 Å². The molecule has 8 heterocycles. The van der Waals surface area contributed by atoms with Gasteiger partial charge in [-0.1, -0.05) is 82.4 Å². The number of rotatable bonds is 34. The standard InChI is InChI=1S/C58H105O16PSi3/c1-14-76(15-2,16-3)65-36-44(73-77(17-4,18-5)19-6)33-50-52(64-13)45(32-41(60)37-75(61,62)63)49(68-50)34-48-40(12)38(10)30-42(67-48)25-26-46-39(11)31-43(66-46)27-28-58-35-51-53(71-58)55-56(70-51)57(72-58)54(47(69-55)24-23-29-59)74-78(20-7,21-8)22-9/h38,42-57,59H,11-12,14-37H2,1-10,13H3,(H2,61,62,63)/t38-,42+,43+,44?,45+,46+,47+,48-,49+,50-,51-,52-,53+,54+,55+,56-,57+,58+/m1/s1. The number of hydrogen-bond acceptors (Lipinski definition) is 14. The van der Waals surface area contributed by atoms with Crippen LogP contribution in [0.3, 0.4) is 0 Å². The third-order valence-electron chi connectivity index (χ3n) is 20.3. The summed E-state index contributed by atoms with van der Waals surface area (Å²) in [6, 6.07) is 9.07. The summed E-state index contributed by atoms with van der Waals surface area (Å²) in [5, 5.41) is 9.85. The van der Waals surface area contributed by atoms with E-state index in [0.29, 0.717) is 45.1 Å². The molecule has 0 aromatic rings. The van der Waals surface area contributed by atoms with Crippen molar-refractivity contribution in [2.45, 2.75) is 298 Å². The topological polar surface area (TPSA) is 196 Å². The highest BCUT2D eigenvalue weighted by atomic mass is 31.2. The average molecular weight is 1170 g/mol. The van der Waals surface area contributed by atoms with E-state index in [-0.39, 0.29) is 92.2 Å². The minimum absolute atomic E-state index is 0.0384. The minimum atomic E-state index is -4.60. The maximum atomic E-state index is 13.5. The molecule has 20 heteroatoms. The maximum absolute atomic E-state index is 13.5. The molecule has 3 N–H and O–H groups in total. The van der Waals surface area contributed by atoms with Crippen LogP contribution in [0, 0.1) is 11.8 Å². The number of Topliss-reactive ketones (excluding diaryl/α,β-unsaturated/α-hetero) is 1. The molecule has 1 unspecified atom stereocenters. The van der Waals surface area contributed by atoms with Gasteiger partial charge in [0.2, 0.25) is 0 Å². The number of carbonyl (C=O) groups is 1. The molecule has 8 saturated heterocycles. The molecule has 0 aromatic carbocycles. The minimum Gasteiger partial charge on any atom is -0.414 e. The molecule has 0 saturated carbocycles. The molecule has 0 aromatic heterocycles. The molecule has 78 heavy (non-hydrogen) atoms. The molecule has 8 aliphatic rings. The first-order valence-electron chi connectivity index (χ1n) is 30.9. The zero-order chi connectivity index (χ0) is 56.8. The summed E-state index contributed by atoms with van der Waals surface area (Å²) < 4.78 is 88.4. The van der Waals surface area contributed by atoms with Gasteiger partial charge in [0.1, 0.15) is 42.5 Å². The highest BCUT2D eigenvalue weighted by molar-refractivity contribution is 7.52. The molecule has 0 amide bonds. The molecule has 6 bridgehead atoms. The van der Waals surface area contributed by atoms with Gasteiger partial charge in [-0.15, -0.1) is 0 Å². The Labute approximate surface area is 472 Å². The van der Waals surface area contributed by atoms with Crippen molar-refractivity contribution in [1.82, 2.24) is 0 Å². The van der Waals surface area contributed by atoms with E-state index in [4.69, 9.17) is 51.2 Å². The number of carbonyl (C=O) groups excluding carboxylic acids is 1. The molecular formula is C58H105O16PSi3. The first-order valence-corrected chi connectivity index (χ1v) is 40.2. The van der Waals surface area contributed by atoms with Crippen LogP contribution in [0.2, 0.25) is 54.4 Å². The Bertz CT molecular complexity index is 1980. The van der Waals surface area contributed by atoms with Gasteiger partial charge in [-0.3, -0.25) is 9.36 Å². The quantitative estimate of drug-likeness (QED) is 0.0312. The van der Waals surface area contributed by atoms with E-state index in [0.717, 1.165) is 97.6 Å². The predicted octanol–water partition coefficient (Wildman–Crippen LogP) is 10.9. The van der Waals surface area contributed by atoms with E-state index >= 15 is 0 Å². The molecule has 450 valence electrons. The van der Waals surface area contributed by atoms with E-state index in [1.54, 1.807) is 7.11 Å². The first-order chi connectivity index (χ1) is 37.2. The fraction of sp³-hybridized carbons (Fsp3) is 0.914. The van der Waals surface area contributed by atoms with Gasteiger partial charge in [-0.05, 0) is 116 Å². The Morgan fingerprint density at radius 3 is 1.97 bits per heavy atom. The van der Waals surface area contributed by atoms with Crippen LogP contribution in [0.4, 0.5) is 0 Å². The fourth-order valence-electron chi connectivity index (χ4n) is 14.7. The Morgan fingerprint density at radius 1 is 0.731 bits per heavy atom. The zero-order valence-corrected chi connectivity index (χ0v) is 53.7. The summed E-state index contributed by atoms with van der Waals surface area (Å²) in [6.07, 6.45) is 2.54. The molecule has 8 aliphatic heterocycles. The van der Waals surface area contributed by atoms with E-state index in [9.17, 15) is 24.3 Å². The Hall–Kier alpha value is -0.529. The van der Waals surface area contributed by atoms with Crippen LogP contribution in [0.15, 0.2) is 24.3 Å². The second kappa shape index (κ2) is 28.1. The molecule has 0 radical (unpaired) electrons. The molecule has 8 fully saturated rings. The number of hydrogen-bond donors (Lipinski definition) is 3. The molecule has 18 atom stereocenters. The monoisotopic (exact) mass is 1170 g/mol. The third-order valence-corrected chi connectivity index (χ3v) is 35.1. The van der Waals surface area contributed by atoms with E-state index in [1.165, 1.54) is 0 Å². The highest BCUT2D eigenvalue weighted by Crippen LogP contribution is 2.54. The van der Waals surface area contributed by atoms with Crippen LogP contribution in [0.25, 0.3) is 0 Å². The van der Waals surface area contributed by atoms with Gasteiger partial charge >= 0.3 is 7.60 Å². The summed E-state index contributed by atoms with van der Waals surface area (Å²) in [4.78, 5) is 33.2. The highest BCUT2D eigenvalue weighted by Gasteiger charge is 2.68. The predicted molar refractivity (Wildman–Crippen MR) is 309 cm³/mol. The van der Waals surface area contributed by atoms with Crippen LogP contribution >= 0.6 is 7.60 Å². The van der Waals surface area contributed by atoms with Crippen molar-refractivity contribution in [3.63, 3.8) is 0 Å². The number of methoxy groups -OCH3 is 1. The van der Waals surface area contributed by atoms with Crippen molar-refractivity contribution in [2.24, 2.45) is 11.8 Å². The van der Waals surface area contributed by atoms with Crippen molar-refractivity contribution in [3.8, 4) is 0 Å². The Morgan fingerprint density at radius 2 is 1.36 bits per heavy atom. The van der Waals surface area contributed by atoms with Crippen LogP contribution in [0.1, 0.15) is 146 Å². The lowest BCUT2D eigenvalue weighted by molar-refractivity contribution is -0.271. The van der Waals surface area contributed by atoms with Crippen LogP contribution in [-0.4, -0.2) is 169 Å². The van der Waals surface area contributed by atoms with E-state index in [2.05, 4.69) is 82.4 Å². The molecule has 0 aliphatic carbocycles. The van der Waals surface area contributed by atoms with Gasteiger partial charge in [0.15, 0.2) is 30.7 Å². The lowest BCUT2D eigenvalue weighted by Gasteiger charge is -2.47. The lowest BCUT2D eigenvalue weighted by Crippen LogP contribution is -2.62. The summed E-state index contributed by atoms with van der Waals surface area (Å²) in [6.45, 7) is 31.9. The van der Waals surface area contributed by atoms with Crippen LogP contribution in [-0.2, 0) is 60.5 Å². The Kier molecular flexibility index (Phi) is 23.4. The first kappa shape index (κ1) is 65.0. The molecule has 0 spiro atoms. The number of aliphatic hydroxyl groups is 1. The third kappa shape index (κ3) is 14.9. The largest absolute Gasteiger partial charge is 0.414 e. The second-order valence-corrected chi connectivity index (χ2v) is 40.5. The van der Waals surface area contributed by atoms with E-state index < -0.39 is 74.5 Å². The van der Waals surface area contributed by atoms with Crippen molar-refractivity contribution in [2.75, 3.05) is 26.5 Å². The van der Waals surface area contributed by atoms with E-state index in [1.807, 2.05) is 0 Å². The number of ketones is 1. The number of aliphatic hydroxyl groups excluding tert-OH is 1. The van der Waals surface area contributed by atoms with Gasteiger partial charge in [-0.25, -0.2) is 0 Å². The van der Waals surface area contributed by atoms with Crippen LogP contribution in [0.5, 0.6) is 0 Å². The maximum Gasteiger partial charge on any atom is 0.332 e. The van der Waals surface area contributed by atoms with Crippen LogP contribution < -0.4 is 0 Å². The van der Waals surface area contributed by atoms with Crippen molar-refractivity contribution in [3.05, 3.63) is 24.3 Å². The smallest absolute Gasteiger partial charge is 0.332 e. The Balaban J connectivity index is 1.00.